The van der Waals surface area contributed by atoms with Crippen LogP contribution in [0.5, 0.6) is 0 Å². The zero-order chi connectivity index (χ0) is 18.0. The molecule has 0 spiro atoms. The Hall–Kier alpha value is -1.36. The molecule has 1 aromatic rings. The van der Waals surface area contributed by atoms with Crippen molar-refractivity contribution in [1.82, 2.24) is 4.90 Å². The molecule has 25 heavy (non-hydrogen) atoms. The van der Waals surface area contributed by atoms with Gasteiger partial charge >= 0.3 is 6.18 Å². The second-order valence-electron chi connectivity index (χ2n) is 7.35. The maximum absolute atomic E-state index is 12.9. The van der Waals surface area contributed by atoms with E-state index in [2.05, 4.69) is 4.90 Å². The number of hydrogen-bond donors (Lipinski definition) is 0. The highest BCUT2D eigenvalue weighted by atomic mass is 19.4. The highest BCUT2D eigenvalue weighted by molar-refractivity contribution is 5.97. The summed E-state index contributed by atoms with van der Waals surface area (Å²) in [5.41, 5.74) is 0.315. The number of carbonyl (C=O) groups excluding carboxylic acids is 1. The zero-order valence-electron chi connectivity index (χ0n) is 14.7. The van der Waals surface area contributed by atoms with Gasteiger partial charge in [0.1, 0.15) is 0 Å². The van der Waals surface area contributed by atoms with Crippen LogP contribution in [0.25, 0.3) is 0 Å². The number of Topliss-reactive ketones (excluding diaryl/α,β-unsaturated/α-hetero) is 1. The molecule has 3 rings (SSSR count). The number of aryl methyl sites for hydroxylation is 1. The van der Waals surface area contributed by atoms with Crippen molar-refractivity contribution in [2.45, 2.75) is 64.1 Å². The first-order valence-corrected chi connectivity index (χ1v) is 9.37. The van der Waals surface area contributed by atoms with Crippen molar-refractivity contribution in [1.29, 1.82) is 0 Å². The van der Waals surface area contributed by atoms with Crippen molar-refractivity contribution < 1.29 is 18.0 Å². The average molecular weight is 353 g/mol. The summed E-state index contributed by atoms with van der Waals surface area (Å²) in [5, 5.41) is 0. The number of hydrogen-bond acceptors (Lipinski definition) is 2. The van der Waals surface area contributed by atoms with Crippen LogP contribution in [-0.4, -0.2) is 29.8 Å². The van der Waals surface area contributed by atoms with Crippen LogP contribution in [0.4, 0.5) is 13.2 Å². The van der Waals surface area contributed by atoms with E-state index in [4.69, 9.17) is 0 Å². The van der Waals surface area contributed by atoms with Gasteiger partial charge in [0, 0.05) is 18.0 Å². The first-order chi connectivity index (χ1) is 11.9. The number of alkyl halides is 3. The lowest BCUT2D eigenvalue weighted by Crippen LogP contribution is -2.36. The largest absolute Gasteiger partial charge is 0.416 e. The van der Waals surface area contributed by atoms with Crippen LogP contribution >= 0.6 is 0 Å². The van der Waals surface area contributed by atoms with E-state index in [1.54, 1.807) is 6.92 Å². The molecule has 1 aliphatic carbocycles. The first-order valence-electron chi connectivity index (χ1n) is 9.37. The van der Waals surface area contributed by atoms with E-state index in [9.17, 15) is 18.0 Å². The first kappa shape index (κ1) is 18.4. The van der Waals surface area contributed by atoms with Crippen molar-refractivity contribution in [2.24, 2.45) is 5.92 Å². The van der Waals surface area contributed by atoms with Gasteiger partial charge in [0.05, 0.1) is 5.56 Å². The fourth-order valence-electron chi connectivity index (χ4n) is 4.49. The van der Waals surface area contributed by atoms with Gasteiger partial charge in [-0.3, -0.25) is 4.79 Å². The molecule has 1 heterocycles. The second kappa shape index (κ2) is 7.48. The molecule has 1 aromatic carbocycles. The fraction of sp³-hybridized carbons (Fsp3) is 0.650. The predicted octanol–water partition coefficient (Wildman–Crippen LogP) is 5.11. The third-order valence-electron chi connectivity index (χ3n) is 5.79. The third kappa shape index (κ3) is 4.08. The van der Waals surface area contributed by atoms with Gasteiger partial charge in [-0.25, -0.2) is 0 Å². The van der Waals surface area contributed by atoms with E-state index >= 15 is 0 Å². The van der Waals surface area contributed by atoms with Gasteiger partial charge in [-0.1, -0.05) is 19.4 Å². The van der Waals surface area contributed by atoms with Gasteiger partial charge < -0.3 is 4.90 Å². The molecule has 0 aromatic heterocycles. The van der Waals surface area contributed by atoms with Crippen LogP contribution in [0, 0.1) is 5.92 Å². The Morgan fingerprint density at radius 3 is 2.52 bits per heavy atom. The van der Waals surface area contributed by atoms with Crippen LogP contribution in [0.2, 0.25) is 0 Å². The van der Waals surface area contributed by atoms with Gasteiger partial charge in [0.25, 0.3) is 0 Å². The van der Waals surface area contributed by atoms with Crippen molar-refractivity contribution in [2.75, 3.05) is 13.1 Å². The molecule has 2 nitrogen and oxygen atoms in total. The molecular weight excluding hydrogens is 327 g/mol. The van der Waals surface area contributed by atoms with E-state index in [1.165, 1.54) is 18.9 Å². The number of ketones is 1. The monoisotopic (exact) mass is 353 g/mol. The molecule has 0 radical (unpaired) electrons. The molecule has 5 heteroatoms. The lowest BCUT2D eigenvalue weighted by atomic mass is 9.90. The Kier molecular flexibility index (Phi) is 5.52. The van der Waals surface area contributed by atoms with E-state index < -0.39 is 11.7 Å². The van der Waals surface area contributed by atoms with Crippen molar-refractivity contribution in [3.63, 3.8) is 0 Å². The topological polar surface area (TPSA) is 20.3 Å². The van der Waals surface area contributed by atoms with Crippen molar-refractivity contribution in [3.8, 4) is 0 Å². The van der Waals surface area contributed by atoms with Gasteiger partial charge in [-0.15, -0.1) is 0 Å². The van der Waals surface area contributed by atoms with Crippen LogP contribution in [0.15, 0.2) is 18.2 Å². The number of rotatable bonds is 5. The molecule has 0 bridgehead atoms. The maximum Gasteiger partial charge on any atom is 0.416 e. The van der Waals surface area contributed by atoms with Crippen LogP contribution in [-0.2, 0) is 12.6 Å². The fourth-order valence-corrected chi connectivity index (χ4v) is 4.49. The molecule has 0 unspecified atom stereocenters. The van der Waals surface area contributed by atoms with Gasteiger partial charge in [-0.05, 0) is 68.8 Å². The quantitative estimate of drug-likeness (QED) is 0.686. The summed E-state index contributed by atoms with van der Waals surface area (Å²) in [6, 6.07) is 4.04. The summed E-state index contributed by atoms with van der Waals surface area (Å²) in [6.07, 6.45) is 2.34. The van der Waals surface area contributed by atoms with Crippen LogP contribution in [0.3, 0.4) is 0 Å². The highest BCUT2D eigenvalue weighted by Gasteiger charge is 2.35. The molecule has 1 saturated heterocycles. The summed E-state index contributed by atoms with van der Waals surface area (Å²) in [6.45, 7) is 4.04. The van der Waals surface area contributed by atoms with Gasteiger partial charge in [0.2, 0.25) is 0 Å². The van der Waals surface area contributed by atoms with Crippen molar-refractivity contribution in [3.05, 3.63) is 34.9 Å². The summed E-state index contributed by atoms with van der Waals surface area (Å²) in [5.74, 6) is 0.347. The minimum Gasteiger partial charge on any atom is -0.300 e. The number of carbonyl (C=O) groups is 1. The Balaban J connectivity index is 1.74. The normalized spacial score (nSPS) is 24.8. The Morgan fingerprint density at radius 1 is 1.16 bits per heavy atom. The lowest BCUT2D eigenvalue weighted by molar-refractivity contribution is -0.137. The standard InChI is InChI=1S/C20H26F3NO/c1-2-14-12-16(20(21,22)23)8-9-17(14)19(25)13-15-6-5-7-18(15)24-10-3-4-11-24/h8-9,12,15,18H,2-7,10-11,13H2,1H3/t15-,18-/m1/s1. The SMILES string of the molecule is CCc1cc(C(F)(F)F)ccc1C(=O)C[C@H]1CCC[C@H]1N1CCCC1. The van der Waals surface area contributed by atoms with E-state index in [-0.39, 0.29) is 5.78 Å². The minimum atomic E-state index is -4.36. The summed E-state index contributed by atoms with van der Waals surface area (Å²) in [7, 11) is 0. The molecule has 1 saturated carbocycles. The number of halogens is 3. The molecular formula is C20H26F3NO. The Bertz CT molecular complexity index is 620. The van der Waals surface area contributed by atoms with Crippen molar-refractivity contribution >= 4 is 5.78 Å². The van der Waals surface area contributed by atoms with E-state index in [1.807, 2.05) is 0 Å². The maximum atomic E-state index is 12.9. The van der Waals surface area contributed by atoms with E-state index in [0.717, 1.165) is 44.5 Å². The molecule has 1 aliphatic heterocycles. The summed E-state index contributed by atoms with van der Waals surface area (Å²) in [4.78, 5) is 15.3. The summed E-state index contributed by atoms with van der Waals surface area (Å²) < 4.78 is 38.7. The van der Waals surface area contributed by atoms with Crippen LogP contribution < -0.4 is 0 Å². The highest BCUT2D eigenvalue weighted by Crippen LogP contribution is 2.36. The molecule has 2 atom stereocenters. The molecule has 0 N–H and O–H groups in total. The third-order valence-corrected chi connectivity index (χ3v) is 5.79. The molecule has 2 aliphatic rings. The molecule has 138 valence electrons. The summed E-state index contributed by atoms with van der Waals surface area (Å²) >= 11 is 0. The second-order valence-corrected chi connectivity index (χ2v) is 7.35. The molecule has 0 amide bonds. The number of nitrogens with zero attached hydrogens (tertiary/aromatic N) is 1. The minimum absolute atomic E-state index is 0.00155. The predicted molar refractivity (Wildman–Crippen MR) is 91.7 cm³/mol. The van der Waals surface area contributed by atoms with Gasteiger partial charge in [-0.2, -0.15) is 13.2 Å². The molecule has 2 fully saturated rings. The number of likely N-dealkylation sites (tertiary alicyclic amines) is 1. The van der Waals surface area contributed by atoms with Gasteiger partial charge in [0.15, 0.2) is 5.78 Å². The lowest BCUT2D eigenvalue weighted by Gasteiger charge is -2.29. The smallest absolute Gasteiger partial charge is 0.300 e. The average Bonchev–Trinajstić information content (AvgIpc) is 3.24. The van der Waals surface area contributed by atoms with E-state index in [0.29, 0.717) is 35.9 Å². The zero-order valence-corrected chi connectivity index (χ0v) is 14.7. The Labute approximate surface area is 147 Å². The van der Waals surface area contributed by atoms with Crippen LogP contribution in [0.1, 0.15) is 66.9 Å². The Morgan fingerprint density at radius 2 is 1.88 bits per heavy atom. The number of benzene rings is 1.